The van der Waals surface area contributed by atoms with Crippen molar-refractivity contribution in [2.45, 2.75) is 0 Å². The van der Waals surface area contributed by atoms with Crippen LogP contribution in [0.15, 0.2) is 35.3 Å². The van der Waals surface area contributed by atoms with Gasteiger partial charge in [-0.15, -0.1) is 0 Å². The average Bonchev–Trinajstić information content (AvgIpc) is 2.61. The largest absolute Gasteiger partial charge is 0.448 e. The number of hydrogen-bond donors (Lipinski definition) is 4. The van der Waals surface area contributed by atoms with Gasteiger partial charge in [0.25, 0.3) is 5.30 Å². The lowest BCUT2D eigenvalue weighted by Crippen LogP contribution is -2.29. The van der Waals surface area contributed by atoms with Gasteiger partial charge in [-0.2, -0.15) is 14.7 Å². The zero-order valence-electron chi connectivity index (χ0n) is 8.41. The summed E-state index contributed by atoms with van der Waals surface area (Å²) in [6, 6.07) is 6.33. The van der Waals surface area contributed by atoms with Crippen molar-refractivity contribution < 1.29 is 14.7 Å². The Morgan fingerprint density at radius 3 is 2.24 bits per heavy atom. The highest BCUT2D eigenvalue weighted by atomic mass is 35.5. The van der Waals surface area contributed by atoms with Gasteiger partial charge in [0.05, 0.1) is 11.9 Å². The van der Waals surface area contributed by atoms with E-state index in [1.54, 1.807) is 24.3 Å². The molecule has 0 aliphatic rings. The maximum Gasteiger partial charge on any atom is 0.448 e. The van der Waals surface area contributed by atoms with Crippen molar-refractivity contribution in [1.29, 1.82) is 0 Å². The zero-order chi connectivity index (χ0) is 12.6. The first-order valence-electron chi connectivity index (χ1n) is 4.54. The second-order valence-corrected chi connectivity index (χ2v) is 5.40. The van der Waals surface area contributed by atoms with Gasteiger partial charge in [0.15, 0.2) is 0 Å². The number of aromatic amines is 1. The fourth-order valence-corrected chi connectivity index (χ4v) is 2.07. The Morgan fingerprint density at radius 2 is 1.76 bits per heavy atom. The van der Waals surface area contributed by atoms with Crippen molar-refractivity contribution in [1.82, 2.24) is 9.78 Å². The highest BCUT2D eigenvalue weighted by Gasteiger charge is 2.39. The van der Waals surface area contributed by atoms with Gasteiger partial charge in [-0.05, 0) is 24.3 Å². The number of halogens is 1. The molecule has 0 unspecified atom stereocenters. The van der Waals surface area contributed by atoms with Crippen LogP contribution in [0.5, 0.6) is 0 Å². The molecular formula is C9H9ClN2O4P+. The molecule has 0 bridgehead atoms. The molecule has 0 saturated heterocycles. The molecule has 0 aliphatic carbocycles. The van der Waals surface area contributed by atoms with Crippen molar-refractivity contribution in [2.75, 3.05) is 0 Å². The molecule has 0 spiro atoms. The molecule has 1 heterocycles. The second-order valence-electron chi connectivity index (χ2n) is 3.34. The van der Waals surface area contributed by atoms with Crippen molar-refractivity contribution in [3.8, 4) is 5.69 Å². The van der Waals surface area contributed by atoms with Crippen molar-refractivity contribution >= 4 is 24.8 Å². The smallest absolute Gasteiger partial charge is 0.294 e. The van der Waals surface area contributed by atoms with Crippen LogP contribution in [-0.2, 0) is 0 Å². The lowest BCUT2D eigenvalue weighted by molar-refractivity contribution is 0.347. The molecule has 17 heavy (non-hydrogen) atoms. The summed E-state index contributed by atoms with van der Waals surface area (Å²) >= 11 is 5.70. The molecule has 0 fully saturated rings. The van der Waals surface area contributed by atoms with Gasteiger partial charge in [0, 0.05) is 5.02 Å². The van der Waals surface area contributed by atoms with Gasteiger partial charge >= 0.3 is 13.5 Å². The third-order valence-corrected chi connectivity index (χ3v) is 3.38. The third kappa shape index (κ3) is 2.41. The summed E-state index contributed by atoms with van der Waals surface area (Å²) < 4.78 is 1.07. The maximum absolute atomic E-state index is 11.7. The van der Waals surface area contributed by atoms with Gasteiger partial charge in [-0.1, -0.05) is 11.6 Å². The van der Waals surface area contributed by atoms with Crippen LogP contribution in [0.2, 0.25) is 5.02 Å². The number of H-pyrrole nitrogens is 1. The molecule has 0 saturated carbocycles. The first-order chi connectivity index (χ1) is 7.89. The van der Waals surface area contributed by atoms with Crippen LogP contribution in [0.1, 0.15) is 0 Å². The lowest BCUT2D eigenvalue weighted by atomic mass is 10.3. The third-order valence-electron chi connectivity index (χ3n) is 2.16. The number of nitrogens with zero attached hydrogens (tertiary/aromatic N) is 1. The van der Waals surface area contributed by atoms with E-state index in [1.165, 1.54) is 0 Å². The maximum atomic E-state index is 11.7. The molecule has 0 atom stereocenters. The van der Waals surface area contributed by atoms with Crippen molar-refractivity contribution in [3.05, 3.63) is 45.8 Å². The van der Waals surface area contributed by atoms with Gasteiger partial charge in [-0.25, -0.2) is 4.68 Å². The minimum atomic E-state index is -4.31. The predicted molar refractivity (Wildman–Crippen MR) is 64.6 cm³/mol. The second kappa shape index (κ2) is 4.25. The number of aromatic nitrogens is 2. The van der Waals surface area contributed by atoms with Crippen LogP contribution in [0.4, 0.5) is 0 Å². The summed E-state index contributed by atoms with van der Waals surface area (Å²) in [5, 5.41) is 2.59. The Labute approximate surface area is 101 Å². The highest BCUT2D eigenvalue weighted by Crippen LogP contribution is 2.41. The summed E-state index contributed by atoms with van der Waals surface area (Å²) in [6.07, 6.45) is 1.06. The van der Waals surface area contributed by atoms with Crippen LogP contribution < -0.4 is 10.9 Å². The summed E-state index contributed by atoms with van der Waals surface area (Å²) in [5.74, 6) is 0. The van der Waals surface area contributed by atoms with E-state index in [1.807, 2.05) is 0 Å². The van der Waals surface area contributed by atoms with Crippen LogP contribution in [0.25, 0.3) is 5.69 Å². The molecule has 4 N–H and O–H groups in total. The molecule has 90 valence electrons. The van der Waals surface area contributed by atoms with Crippen molar-refractivity contribution in [2.24, 2.45) is 0 Å². The van der Waals surface area contributed by atoms with Crippen LogP contribution in [0.3, 0.4) is 0 Å². The van der Waals surface area contributed by atoms with Crippen molar-refractivity contribution in [3.63, 3.8) is 0 Å². The summed E-state index contributed by atoms with van der Waals surface area (Å²) in [4.78, 5) is 38.9. The van der Waals surface area contributed by atoms with E-state index in [9.17, 15) is 4.79 Å². The Bertz CT molecular complexity index is 584. The fraction of sp³-hybridized carbons (Fsp3) is 0. The van der Waals surface area contributed by atoms with Gasteiger partial charge in [0.1, 0.15) is 0 Å². The minimum absolute atomic E-state index is 0.451. The molecular weight excluding hydrogens is 267 g/mol. The SMILES string of the molecule is O=c1c([P+](O)(O)O)c[nH]n1-c1ccc(Cl)cc1. The van der Waals surface area contributed by atoms with E-state index in [0.29, 0.717) is 10.7 Å². The Hall–Kier alpha value is -1.17. The van der Waals surface area contributed by atoms with Gasteiger partial charge in [-0.3, -0.25) is 9.89 Å². The molecule has 6 nitrogen and oxygen atoms in total. The van der Waals surface area contributed by atoms with Crippen LogP contribution in [-0.4, -0.2) is 24.5 Å². The molecule has 2 aromatic rings. The fourth-order valence-electron chi connectivity index (χ4n) is 1.36. The molecule has 0 amide bonds. The number of nitrogens with one attached hydrogen (secondary N) is 1. The topological polar surface area (TPSA) is 98.5 Å². The molecule has 0 radical (unpaired) electrons. The first-order valence-corrected chi connectivity index (χ1v) is 6.56. The minimum Gasteiger partial charge on any atom is -0.294 e. The number of benzene rings is 1. The monoisotopic (exact) mass is 275 g/mol. The Balaban J connectivity index is 2.52. The summed E-state index contributed by atoms with van der Waals surface area (Å²) in [5.41, 5.74) is -0.243. The van der Waals surface area contributed by atoms with E-state index in [2.05, 4.69) is 5.10 Å². The van der Waals surface area contributed by atoms with E-state index in [0.717, 1.165) is 10.9 Å². The first kappa shape index (κ1) is 12.3. The van der Waals surface area contributed by atoms with E-state index >= 15 is 0 Å². The van der Waals surface area contributed by atoms with Gasteiger partial charge < -0.3 is 0 Å². The van der Waals surface area contributed by atoms with E-state index in [-0.39, 0.29) is 0 Å². The molecule has 1 aromatic heterocycles. The van der Waals surface area contributed by atoms with Crippen LogP contribution in [0, 0.1) is 0 Å². The molecule has 0 aliphatic heterocycles. The predicted octanol–water partition coefficient (Wildman–Crippen LogP) is 0.184. The highest BCUT2D eigenvalue weighted by molar-refractivity contribution is 7.66. The normalized spacial score (nSPS) is 11.8. The standard InChI is InChI=1S/C9H8ClN2O4P/c10-6-1-3-7(4-2-6)12-9(13)8(5-11-12)17(14,15)16/h1-5,14-16H/p+1. The molecule has 2 rings (SSSR count). The summed E-state index contributed by atoms with van der Waals surface area (Å²) in [6.45, 7) is 0. The quantitative estimate of drug-likeness (QED) is 0.588. The van der Waals surface area contributed by atoms with E-state index in [4.69, 9.17) is 26.3 Å². The lowest BCUT2D eigenvalue weighted by Gasteiger charge is -2.00. The number of rotatable bonds is 2. The Kier molecular flexibility index (Phi) is 3.07. The molecule has 8 heteroatoms. The zero-order valence-corrected chi connectivity index (χ0v) is 10.1. The summed E-state index contributed by atoms with van der Waals surface area (Å²) in [7, 11) is -4.31. The van der Waals surface area contributed by atoms with E-state index < -0.39 is 18.8 Å². The number of hydrogen-bond acceptors (Lipinski definition) is 4. The molecule has 1 aromatic carbocycles. The van der Waals surface area contributed by atoms with Crippen LogP contribution >= 0.6 is 19.5 Å². The average molecular weight is 276 g/mol. The Morgan fingerprint density at radius 1 is 1.18 bits per heavy atom. The van der Waals surface area contributed by atoms with Gasteiger partial charge in [0.2, 0.25) is 0 Å².